The minimum atomic E-state index is -1.28. The summed E-state index contributed by atoms with van der Waals surface area (Å²) in [7, 11) is 6.29. The van der Waals surface area contributed by atoms with Gasteiger partial charge in [-0.2, -0.15) is 5.26 Å². The summed E-state index contributed by atoms with van der Waals surface area (Å²) in [6.45, 7) is 0.386. The molecule has 0 N–H and O–H groups in total. The first-order valence-corrected chi connectivity index (χ1v) is 11.3. The third-order valence-corrected chi connectivity index (χ3v) is 6.48. The third-order valence-electron chi connectivity index (χ3n) is 6.48. The lowest BCUT2D eigenvalue weighted by Gasteiger charge is -2.44. The van der Waals surface area contributed by atoms with E-state index in [4.69, 9.17) is 18.9 Å². The molecule has 1 unspecified atom stereocenters. The number of amides is 1. The first-order chi connectivity index (χ1) is 17.0. The van der Waals surface area contributed by atoms with Crippen LogP contribution in [0.1, 0.15) is 27.0 Å². The maximum atomic E-state index is 13.7. The van der Waals surface area contributed by atoms with Crippen LogP contribution in [0, 0.1) is 11.3 Å². The van der Waals surface area contributed by atoms with E-state index < -0.39 is 5.54 Å². The third kappa shape index (κ3) is 4.24. The lowest BCUT2D eigenvalue weighted by Crippen LogP contribution is -2.54. The molecule has 1 aliphatic heterocycles. The molecular formula is C28H28N2O5. The number of rotatable bonds is 7. The number of nitriles is 1. The Morgan fingerprint density at radius 2 is 1.51 bits per heavy atom. The van der Waals surface area contributed by atoms with Gasteiger partial charge in [-0.1, -0.05) is 24.3 Å². The summed E-state index contributed by atoms with van der Waals surface area (Å²) in [5, 5.41) is 10.8. The second-order valence-electron chi connectivity index (χ2n) is 8.28. The molecule has 1 heterocycles. The van der Waals surface area contributed by atoms with Gasteiger partial charge in [-0.05, 0) is 59.5 Å². The zero-order valence-corrected chi connectivity index (χ0v) is 20.3. The molecule has 0 bridgehead atoms. The molecular weight excluding hydrogens is 444 g/mol. The Hall–Kier alpha value is -4.18. The molecule has 35 heavy (non-hydrogen) atoms. The average Bonchev–Trinajstić information content (AvgIpc) is 2.92. The molecule has 0 fully saturated rings. The molecule has 0 aromatic heterocycles. The highest BCUT2D eigenvalue weighted by Gasteiger charge is 2.46. The van der Waals surface area contributed by atoms with Crippen LogP contribution in [0.5, 0.6) is 23.0 Å². The van der Waals surface area contributed by atoms with Gasteiger partial charge in [-0.25, -0.2) is 0 Å². The SMILES string of the molecule is COc1ccc(CC2(C#N)c3cc(OC)c(OC)cc3CCN2C(=O)c2ccccc2)cc1OC. The van der Waals surface area contributed by atoms with Gasteiger partial charge in [0, 0.05) is 18.5 Å². The topological polar surface area (TPSA) is 81.0 Å². The zero-order chi connectivity index (χ0) is 25.0. The number of carbonyl (C=O) groups excluding carboxylic acids is 1. The van der Waals surface area contributed by atoms with Crippen molar-refractivity contribution in [2.24, 2.45) is 0 Å². The van der Waals surface area contributed by atoms with Crippen molar-refractivity contribution in [3.63, 3.8) is 0 Å². The van der Waals surface area contributed by atoms with Gasteiger partial charge in [-0.3, -0.25) is 4.79 Å². The summed E-state index contributed by atoms with van der Waals surface area (Å²) in [6.07, 6.45) is 0.842. The van der Waals surface area contributed by atoms with Gasteiger partial charge in [0.05, 0.1) is 34.5 Å². The van der Waals surface area contributed by atoms with E-state index in [2.05, 4.69) is 6.07 Å². The number of hydrogen-bond acceptors (Lipinski definition) is 6. The van der Waals surface area contributed by atoms with Gasteiger partial charge in [0.1, 0.15) is 0 Å². The predicted octanol–water partition coefficient (Wildman–Crippen LogP) is 4.38. The summed E-state index contributed by atoms with van der Waals surface area (Å²) in [4.78, 5) is 15.4. The van der Waals surface area contributed by atoms with Crippen molar-refractivity contribution in [2.45, 2.75) is 18.4 Å². The van der Waals surface area contributed by atoms with Crippen molar-refractivity contribution in [1.29, 1.82) is 5.26 Å². The fraction of sp³-hybridized carbons (Fsp3) is 0.286. The number of carbonyl (C=O) groups is 1. The number of hydrogen-bond donors (Lipinski definition) is 0. The van der Waals surface area contributed by atoms with Crippen LogP contribution >= 0.6 is 0 Å². The van der Waals surface area contributed by atoms with Crippen molar-refractivity contribution in [3.8, 4) is 29.1 Å². The molecule has 1 atom stereocenters. The molecule has 0 saturated carbocycles. The fourth-order valence-corrected chi connectivity index (χ4v) is 4.73. The Labute approximate surface area is 205 Å². The van der Waals surface area contributed by atoms with E-state index in [1.165, 1.54) is 0 Å². The zero-order valence-electron chi connectivity index (χ0n) is 20.3. The van der Waals surface area contributed by atoms with Crippen LogP contribution < -0.4 is 18.9 Å². The van der Waals surface area contributed by atoms with Gasteiger partial charge in [0.2, 0.25) is 0 Å². The van der Waals surface area contributed by atoms with E-state index in [9.17, 15) is 10.1 Å². The Balaban J connectivity index is 1.91. The Morgan fingerprint density at radius 1 is 0.886 bits per heavy atom. The lowest BCUT2D eigenvalue weighted by atomic mass is 9.76. The molecule has 4 rings (SSSR count). The molecule has 3 aromatic carbocycles. The minimum absolute atomic E-state index is 0.201. The molecule has 0 radical (unpaired) electrons. The van der Waals surface area contributed by atoms with Gasteiger partial charge >= 0.3 is 0 Å². The molecule has 7 heteroatoms. The Kier molecular flexibility index (Phi) is 6.83. The first kappa shape index (κ1) is 24.0. The second-order valence-corrected chi connectivity index (χ2v) is 8.28. The van der Waals surface area contributed by atoms with Gasteiger partial charge < -0.3 is 23.8 Å². The smallest absolute Gasteiger partial charge is 0.255 e. The molecule has 0 saturated heterocycles. The molecule has 0 aliphatic carbocycles. The van der Waals surface area contributed by atoms with Crippen LogP contribution in [-0.4, -0.2) is 45.8 Å². The number of fused-ring (bicyclic) bond motifs is 1. The molecule has 180 valence electrons. The number of benzene rings is 3. The van der Waals surface area contributed by atoms with Crippen molar-refractivity contribution >= 4 is 5.91 Å². The summed E-state index contributed by atoms with van der Waals surface area (Å²) in [5.41, 5.74) is 1.76. The van der Waals surface area contributed by atoms with E-state index in [0.29, 0.717) is 41.5 Å². The molecule has 0 spiro atoms. The van der Waals surface area contributed by atoms with E-state index in [-0.39, 0.29) is 12.3 Å². The Morgan fingerprint density at radius 3 is 2.14 bits per heavy atom. The van der Waals surface area contributed by atoms with Crippen molar-refractivity contribution < 1.29 is 23.7 Å². The minimum Gasteiger partial charge on any atom is -0.493 e. The summed E-state index contributed by atoms with van der Waals surface area (Å²) in [6, 6.07) is 20.8. The lowest BCUT2D eigenvalue weighted by molar-refractivity contribution is 0.0550. The van der Waals surface area contributed by atoms with E-state index >= 15 is 0 Å². The van der Waals surface area contributed by atoms with Crippen LogP contribution in [-0.2, 0) is 18.4 Å². The second kappa shape index (κ2) is 9.98. The van der Waals surface area contributed by atoms with Crippen molar-refractivity contribution in [1.82, 2.24) is 4.90 Å². The van der Waals surface area contributed by atoms with E-state index in [1.807, 2.05) is 42.5 Å². The summed E-state index contributed by atoms with van der Waals surface area (Å²) < 4.78 is 21.9. The van der Waals surface area contributed by atoms with Crippen molar-refractivity contribution in [3.05, 3.63) is 82.9 Å². The predicted molar refractivity (Wildman–Crippen MR) is 131 cm³/mol. The number of nitrogens with zero attached hydrogens (tertiary/aromatic N) is 2. The first-order valence-electron chi connectivity index (χ1n) is 11.3. The largest absolute Gasteiger partial charge is 0.493 e. The highest BCUT2D eigenvalue weighted by Crippen LogP contribution is 2.44. The molecule has 1 aliphatic rings. The van der Waals surface area contributed by atoms with Crippen molar-refractivity contribution in [2.75, 3.05) is 35.0 Å². The highest BCUT2D eigenvalue weighted by atomic mass is 16.5. The van der Waals surface area contributed by atoms with Gasteiger partial charge in [0.15, 0.2) is 28.5 Å². The number of ether oxygens (including phenoxy) is 4. The van der Waals surface area contributed by atoms with Gasteiger partial charge in [0.25, 0.3) is 5.91 Å². The summed E-state index contributed by atoms with van der Waals surface area (Å²) in [5.74, 6) is 2.05. The maximum absolute atomic E-state index is 13.7. The standard InChI is InChI=1S/C28H28N2O5/c1-32-23-11-10-19(14-24(23)33-2)17-28(18-29)22-16-26(35-4)25(34-3)15-21(22)12-13-30(28)27(31)20-8-6-5-7-9-20/h5-11,14-16H,12-13,17H2,1-4H3. The molecule has 1 amide bonds. The van der Waals surface area contributed by atoms with E-state index in [1.54, 1.807) is 51.5 Å². The monoisotopic (exact) mass is 472 g/mol. The average molecular weight is 473 g/mol. The highest BCUT2D eigenvalue weighted by molar-refractivity contribution is 5.95. The fourth-order valence-electron chi connectivity index (χ4n) is 4.73. The number of methoxy groups -OCH3 is 4. The van der Waals surface area contributed by atoms with Crippen LogP contribution in [0.15, 0.2) is 60.7 Å². The molecule has 7 nitrogen and oxygen atoms in total. The van der Waals surface area contributed by atoms with Crippen LogP contribution in [0.3, 0.4) is 0 Å². The summed E-state index contributed by atoms with van der Waals surface area (Å²) >= 11 is 0. The van der Waals surface area contributed by atoms with Crippen LogP contribution in [0.25, 0.3) is 0 Å². The maximum Gasteiger partial charge on any atom is 0.255 e. The van der Waals surface area contributed by atoms with Gasteiger partial charge in [-0.15, -0.1) is 0 Å². The van der Waals surface area contributed by atoms with Crippen LogP contribution in [0.4, 0.5) is 0 Å². The van der Waals surface area contributed by atoms with E-state index in [0.717, 1.165) is 16.7 Å². The quantitative estimate of drug-likeness (QED) is 0.508. The normalized spacial score (nSPS) is 16.6. The molecule has 3 aromatic rings. The van der Waals surface area contributed by atoms with Crippen LogP contribution in [0.2, 0.25) is 0 Å². The Bertz CT molecular complexity index is 1270.